The van der Waals surface area contributed by atoms with Crippen molar-refractivity contribution < 1.29 is 36.7 Å². The minimum absolute atomic E-state index is 0.0392. The normalized spacial score (nSPS) is 14.7. The zero-order valence-corrected chi connectivity index (χ0v) is 17.8. The van der Waals surface area contributed by atoms with E-state index in [2.05, 4.69) is 16.6 Å². The number of hydrogen-bond donors (Lipinski definition) is 2. The molecule has 7 nitrogen and oxygen atoms in total. The molecule has 2 aromatic rings. The molecular formula is C22H19F4N3O4. The lowest BCUT2D eigenvalue weighted by Crippen LogP contribution is -2.62. The number of hydrogen-bond acceptors (Lipinski definition) is 4. The van der Waals surface area contributed by atoms with Gasteiger partial charge in [0.05, 0.1) is 24.3 Å². The van der Waals surface area contributed by atoms with Crippen LogP contribution in [0.2, 0.25) is 0 Å². The van der Waals surface area contributed by atoms with Crippen LogP contribution in [0, 0.1) is 32.0 Å². The van der Waals surface area contributed by atoms with Gasteiger partial charge in [-0.3, -0.25) is 14.4 Å². The Bertz CT molecular complexity index is 1200. The molecule has 1 aliphatic heterocycles. The fraction of sp³-hybridized carbons (Fsp3) is 0.318. The van der Waals surface area contributed by atoms with Crippen molar-refractivity contribution in [2.24, 2.45) is 7.05 Å². The van der Waals surface area contributed by atoms with Crippen LogP contribution in [0.3, 0.4) is 0 Å². The molecule has 11 heteroatoms. The number of terminal acetylenes is 1. The maximum Gasteiger partial charge on any atom is 0.419 e. The molecule has 1 saturated heterocycles. The molecule has 2 N–H and O–H groups in total. The summed E-state index contributed by atoms with van der Waals surface area (Å²) in [6.45, 7) is 3.05. The second-order valence-corrected chi connectivity index (χ2v) is 7.64. The number of anilines is 1. The summed E-state index contributed by atoms with van der Waals surface area (Å²) in [6, 6.07) is 2.04. The van der Waals surface area contributed by atoms with Crippen LogP contribution in [0.1, 0.15) is 37.7 Å². The number of benzene rings is 1. The highest BCUT2D eigenvalue weighted by Gasteiger charge is 2.40. The smallest absolute Gasteiger partial charge is 0.374 e. The lowest BCUT2D eigenvalue weighted by atomic mass is 9.97. The molecular weight excluding hydrogens is 446 g/mol. The second kappa shape index (κ2) is 8.37. The lowest BCUT2D eigenvalue weighted by Gasteiger charge is -2.37. The molecule has 0 atom stereocenters. The highest BCUT2D eigenvalue weighted by molar-refractivity contribution is 6.44. The Labute approximate surface area is 186 Å². The van der Waals surface area contributed by atoms with Gasteiger partial charge >= 0.3 is 6.18 Å². The Morgan fingerprint density at radius 3 is 2.36 bits per heavy atom. The average molecular weight is 465 g/mol. The molecule has 2 amide bonds. The summed E-state index contributed by atoms with van der Waals surface area (Å²) in [7, 11) is 1.46. The van der Waals surface area contributed by atoms with E-state index in [0.717, 1.165) is 6.07 Å². The van der Waals surface area contributed by atoms with Crippen molar-refractivity contribution in [3.05, 3.63) is 52.1 Å². The predicted molar refractivity (Wildman–Crippen MR) is 109 cm³/mol. The molecule has 1 aromatic carbocycles. The number of carbonyl (C=O) groups excluding carboxylic acids is 3. The van der Waals surface area contributed by atoms with Crippen molar-refractivity contribution in [2.75, 3.05) is 18.5 Å². The van der Waals surface area contributed by atoms with Crippen LogP contribution in [0.5, 0.6) is 0 Å². The van der Waals surface area contributed by atoms with Crippen LogP contribution in [0.25, 0.3) is 0 Å². The van der Waals surface area contributed by atoms with Gasteiger partial charge in [-0.25, -0.2) is 4.39 Å². The van der Waals surface area contributed by atoms with Gasteiger partial charge in [-0.1, -0.05) is 5.92 Å². The topological polar surface area (TPSA) is 89.4 Å². The average Bonchev–Trinajstić information content (AvgIpc) is 2.93. The van der Waals surface area contributed by atoms with Crippen LogP contribution < -0.4 is 10.6 Å². The molecule has 0 aliphatic carbocycles. The van der Waals surface area contributed by atoms with E-state index in [9.17, 15) is 31.9 Å². The van der Waals surface area contributed by atoms with Crippen molar-refractivity contribution in [1.82, 2.24) is 9.88 Å². The Kier molecular flexibility index (Phi) is 6.08. The van der Waals surface area contributed by atoms with E-state index in [1.807, 2.05) is 0 Å². The quantitative estimate of drug-likeness (QED) is 0.308. The monoisotopic (exact) mass is 465 g/mol. The van der Waals surface area contributed by atoms with Crippen LogP contribution >= 0.6 is 0 Å². The van der Waals surface area contributed by atoms with Gasteiger partial charge in [-0.2, -0.15) is 13.2 Å². The van der Waals surface area contributed by atoms with Crippen LogP contribution in [-0.4, -0.2) is 40.9 Å². The molecule has 0 saturated carbocycles. The summed E-state index contributed by atoms with van der Waals surface area (Å²) in [5.74, 6) is -1.85. The van der Waals surface area contributed by atoms with Crippen molar-refractivity contribution in [3.8, 4) is 12.3 Å². The molecule has 1 aliphatic rings. The molecule has 0 bridgehead atoms. The van der Waals surface area contributed by atoms with E-state index in [1.54, 1.807) is 0 Å². The summed E-state index contributed by atoms with van der Waals surface area (Å²) in [5, 5.41) is 4.73. The Hall–Kier alpha value is -3.65. The van der Waals surface area contributed by atoms with Crippen LogP contribution in [0.4, 0.5) is 23.2 Å². The van der Waals surface area contributed by atoms with Gasteiger partial charge in [0, 0.05) is 18.4 Å². The first kappa shape index (κ1) is 24.0. The predicted octanol–water partition coefficient (Wildman–Crippen LogP) is 2.75. The SMILES string of the molecule is C#CC1(NC(=O)C(=O)c2c(C)c(C(=O)Nc3ccc(F)c(C(F)(F)F)c3)n(C)c2C)COC1. The number of rotatable bonds is 5. The van der Waals surface area contributed by atoms with Crippen molar-refractivity contribution in [3.63, 3.8) is 0 Å². The van der Waals surface area contributed by atoms with Gasteiger partial charge in [0.2, 0.25) is 0 Å². The molecule has 1 aromatic heterocycles. The third-order valence-corrected chi connectivity index (χ3v) is 5.43. The Morgan fingerprint density at radius 1 is 1.21 bits per heavy atom. The van der Waals surface area contributed by atoms with Gasteiger partial charge in [0.15, 0.2) is 0 Å². The first-order chi connectivity index (χ1) is 15.3. The maximum absolute atomic E-state index is 13.5. The highest BCUT2D eigenvalue weighted by atomic mass is 19.4. The fourth-order valence-electron chi connectivity index (χ4n) is 3.53. The third kappa shape index (κ3) is 4.34. The molecule has 33 heavy (non-hydrogen) atoms. The number of carbonyl (C=O) groups is 3. The summed E-state index contributed by atoms with van der Waals surface area (Å²) in [4.78, 5) is 38.2. The van der Waals surface area contributed by atoms with Gasteiger partial charge in [0.25, 0.3) is 17.6 Å². The maximum atomic E-state index is 13.5. The summed E-state index contributed by atoms with van der Waals surface area (Å²) < 4.78 is 58.7. The number of aromatic nitrogens is 1. The second-order valence-electron chi connectivity index (χ2n) is 7.64. The lowest BCUT2D eigenvalue weighted by molar-refractivity contribution is -0.140. The highest BCUT2D eigenvalue weighted by Crippen LogP contribution is 2.33. The molecule has 174 valence electrons. The van der Waals surface area contributed by atoms with Crippen molar-refractivity contribution in [2.45, 2.75) is 25.6 Å². The first-order valence-corrected chi connectivity index (χ1v) is 9.57. The van der Waals surface area contributed by atoms with E-state index in [1.165, 1.54) is 25.5 Å². The number of ether oxygens (including phenoxy) is 1. The Balaban J connectivity index is 1.89. The van der Waals surface area contributed by atoms with E-state index >= 15 is 0 Å². The molecule has 0 radical (unpaired) electrons. The zero-order valence-electron chi connectivity index (χ0n) is 17.8. The zero-order chi connectivity index (χ0) is 24.7. The standard InChI is InChI=1S/C22H19F4N3O4/c1-5-21(9-33-10-21)28-20(32)18(30)16-11(2)17(29(4)12(16)3)19(31)27-13-6-7-15(23)14(8-13)22(24,25)26/h1,6-8H,9-10H2,2-4H3,(H,27,31)(H,28,32). The Morgan fingerprint density at radius 2 is 1.85 bits per heavy atom. The minimum atomic E-state index is -4.95. The molecule has 0 spiro atoms. The van der Waals surface area contributed by atoms with Crippen LogP contribution in [0.15, 0.2) is 18.2 Å². The summed E-state index contributed by atoms with van der Waals surface area (Å²) in [6.07, 6.45) is 0.449. The number of nitrogens with one attached hydrogen (secondary N) is 2. The summed E-state index contributed by atoms with van der Waals surface area (Å²) >= 11 is 0. The number of halogens is 4. The molecule has 3 rings (SSSR count). The van der Waals surface area contributed by atoms with E-state index in [4.69, 9.17) is 11.2 Å². The summed E-state index contributed by atoms with van der Waals surface area (Å²) in [5.41, 5.74) is -2.57. The molecule has 2 heterocycles. The number of amides is 2. The molecule has 1 fully saturated rings. The minimum Gasteiger partial charge on any atom is -0.374 e. The number of Topliss-reactive ketones (excluding diaryl/α,β-unsaturated/α-hetero) is 1. The largest absolute Gasteiger partial charge is 0.419 e. The number of alkyl halides is 3. The van der Waals surface area contributed by atoms with E-state index in [0.29, 0.717) is 12.1 Å². The third-order valence-electron chi connectivity index (χ3n) is 5.43. The number of nitrogens with zero attached hydrogens (tertiary/aromatic N) is 1. The number of ketones is 1. The van der Waals surface area contributed by atoms with Gasteiger partial charge in [-0.15, -0.1) is 6.42 Å². The first-order valence-electron chi connectivity index (χ1n) is 9.57. The van der Waals surface area contributed by atoms with Crippen molar-refractivity contribution >= 4 is 23.3 Å². The van der Waals surface area contributed by atoms with Gasteiger partial charge in [0.1, 0.15) is 17.1 Å². The van der Waals surface area contributed by atoms with Gasteiger partial charge in [-0.05, 0) is 37.6 Å². The van der Waals surface area contributed by atoms with Crippen LogP contribution in [-0.2, 0) is 22.8 Å². The fourth-order valence-corrected chi connectivity index (χ4v) is 3.53. The van der Waals surface area contributed by atoms with Crippen molar-refractivity contribution in [1.29, 1.82) is 0 Å². The molecule has 0 unspecified atom stereocenters. The van der Waals surface area contributed by atoms with Gasteiger partial charge < -0.3 is 19.9 Å². The van der Waals surface area contributed by atoms with E-state index in [-0.39, 0.29) is 41.4 Å². The van der Waals surface area contributed by atoms with E-state index < -0.39 is 40.7 Å².